The summed E-state index contributed by atoms with van der Waals surface area (Å²) in [6.07, 6.45) is 0.671. The van der Waals surface area contributed by atoms with Crippen LogP contribution < -0.4 is 4.74 Å². The molecule has 0 atom stereocenters. The lowest BCUT2D eigenvalue weighted by molar-refractivity contribution is 0.0689. The van der Waals surface area contributed by atoms with E-state index < -0.39 is 5.97 Å². The number of hydrogen-bond donors (Lipinski definition) is 1. The summed E-state index contributed by atoms with van der Waals surface area (Å²) in [6, 6.07) is 0. The first-order chi connectivity index (χ1) is 8.07. The molecule has 1 heterocycles. The molecule has 1 aromatic heterocycles. The minimum Gasteiger partial charge on any atom is -0.477 e. The molecule has 0 bridgehead atoms. The Morgan fingerprint density at radius 2 is 2.00 bits per heavy atom. The van der Waals surface area contributed by atoms with Gasteiger partial charge in [0.1, 0.15) is 5.56 Å². The standard InChI is InChI=1S/C11H16N2O4/c1-7-8(2)12-13-10(9(7)11(14)15)17-6-4-5-16-3/h4-6H2,1-3H3,(H,14,15). The third-order valence-corrected chi connectivity index (χ3v) is 2.37. The summed E-state index contributed by atoms with van der Waals surface area (Å²) in [5, 5.41) is 16.7. The second-order valence-electron chi connectivity index (χ2n) is 3.59. The predicted molar refractivity (Wildman–Crippen MR) is 60.5 cm³/mol. The molecular weight excluding hydrogens is 224 g/mol. The van der Waals surface area contributed by atoms with E-state index in [2.05, 4.69) is 10.2 Å². The molecule has 1 rings (SSSR count). The topological polar surface area (TPSA) is 81.5 Å². The zero-order valence-electron chi connectivity index (χ0n) is 10.2. The first-order valence-corrected chi connectivity index (χ1v) is 5.26. The lowest BCUT2D eigenvalue weighted by Gasteiger charge is -2.10. The van der Waals surface area contributed by atoms with Crippen molar-refractivity contribution < 1.29 is 19.4 Å². The van der Waals surface area contributed by atoms with Crippen LogP contribution in [0.2, 0.25) is 0 Å². The Morgan fingerprint density at radius 1 is 1.29 bits per heavy atom. The Hall–Kier alpha value is -1.69. The van der Waals surface area contributed by atoms with Crippen LogP contribution in [-0.4, -0.2) is 41.6 Å². The van der Waals surface area contributed by atoms with E-state index in [4.69, 9.17) is 14.6 Å². The highest BCUT2D eigenvalue weighted by Gasteiger charge is 2.18. The van der Waals surface area contributed by atoms with Crippen molar-refractivity contribution in [2.45, 2.75) is 20.3 Å². The van der Waals surface area contributed by atoms with E-state index in [1.807, 2.05) is 0 Å². The van der Waals surface area contributed by atoms with Crippen LogP contribution in [0.4, 0.5) is 0 Å². The van der Waals surface area contributed by atoms with Crippen LogP contribution in [0.1, 0.15) is 28.0 Å². The molecule has 94 valence electrons. The number of aromatic nitrogens is 2. The lowest BCUT2D eigenvalue weighted by atomic mass is 10.1. The average molecular weight is 240 g/mol. The molecule has 6 nitrogen and oxygen atoms in total. The molecule has 0 aliphatic carbocycles. The maximum atomic E-state index is 11.1. The van der Waals surface area contributed by atoms with Gasteiger partial charge in [-0.05, 0) is 19.4 Å². The highest BCUT2D eigenvalue weighted by atomic mass is 16.5. The quantitative estimate of drug-likeness (QED) is 0.752. The SMILES string of the molecule is COCCCOc1nnc(C)c(C)c1C(=O)O. The first-order valence-electron chi connectivity index (χ1n) is 5.26. The van der Waals surface area contributed by atoms with Gasteiger partial charge in [-0.15, -0.1) is 5.10 Å². The number of rotatable bonds is 6. The number of nitrogens with zero attached hydrogens (tertiary/aromatic N) is 2. The molecule has 0 amide bonds. The van der Waals surface area contributed by atoms with Crippen molar-refractivity contribution in [1.82, 2.24) is 10.2 Å². The Kier molecular flexibility index (Phi) is 4.84. The molecule has 0 aromatic carbocycles. The molecular formula is C11H16N2O4. The summed E-state index contributed by atoms with van der Waals surface area (Å²) >= 11 is 0. The van der Waals surface area contributed by atoms with E-state index in [-0.39, 0.29) is 11.4 Å². The number of carbonyl (C=O) groups is 1. The molecule has 0 aliphatic rings. The summed E-state index contributed by atoms with van der Waals surface area (Å²) in [4.78, 5) is 11.1. The largest absolute Gasteiger partial charge is 0.477 e. The van der Waals surface area contributed by atoms with Gasteiger partial charge in [-0.3, -0.25) is 0 Å². The van der Waals surface area contributed by atoms with Crippen LogP contribution in [-0.2, 0) is 4.74 Å². The van der Waals surface area contributed by atoms with Crippen molar-refractivity contribution in [2.24, 2.45) is 0 Å². The van der Waals surface area contributed by atoms with Crippen molar-refractivity contribution in [1.29, 1.82) is 0 Å². The lowest BCUT2D eigenvalue weighted by Crippen LogP contribution is -2.11. The Bertz CT molecular complexity index is 407. The minimum atomic E-state index is -1.05. The van der Waals surface area contributed by atoms with Gasteiger partial charge in [-0.1, -0.05) is 0 Å². The van der Waals surface area contributed by atoms with E-state index >= 15 is 0 Å². The fourth-order valence-corrected chi connectivity index (χ4v) is 1.31. The van der Waals surface area contributed by atoms with Gasteiger partial charge in [0.15, 0.2) is 0 Å². The predicted octanol–water partition coefficient (Wildman–Crippen LogP) is 1.21. The van der Waals surface area contributed by atoms with Gasteiger partial charge in [0, 0.05) is 20.1 Å². The summed E-state index contributed by atoms with van der Waals surface area (Å²) in [7, 11) is 1.60. The Morgan fingerprint density at radius 3 is 2.59 bits per heavy atom. The minimum absolute atomic E-state index is 0.0664. The van der Waals surface area contributed by atoms with Crippen molar-refractivity contribution in [3.8, 4) is 5.88 Å². The van der Waals surface area contributed by atoms with Crippen molar-refractivity contribution >= 4 is 5.97 Å². The normalized spacial score (nSPS) is 10.3. The molecule has 1 N–H and O–H groups in total. The van der Waals surface area contributed by atoms with Gasteiger partial charge in [-0.2, -0.15) is 5.10 Å². The fourth-order valence-electron chi connectivity index (χ4n) is 1.31. The fraction of sp³-hybridized carbons (Fsp3) is 0.545. The van der Waals surface area contributed by atoms with Gasteiger partial charge in [0.05, 0.1) is 12.3 Å². The van der Waals surface area contributed by atoms with Crippen molar-refractivity contribution in [2.75, 3.05) is 20.3 Å². The van der Waals surface area contributed by atoms with Crippen LogP contribution in [0, 0.1) is 13.8 Å². The second kappa shape index (κ2) is 6.15. The van der Waals surface area contributed by atoms with E-state index in [0.29, 0.717) is 30.9 Å². The maximum Gasteiger partial charge on any atom is 0.341 e. The molecule has 0 unspecified atom stereocenters. The van der Waals surface area contributed by atoms with Crippen molar-refractivity contribution in [3.05, 3.63) is 16.8 Å². The van der Waals surface area contributed by atoms with E-state index in [0.717, 1.165) is 0 Å². The smallest absolute Gasteiger partial charge is 0.341 e. The van der Waals surface area contributed by atoms with E-state index in [9.17, 15) is 4.79 Å². The molecule has 1 aromatic rings. The Balaban J connectivity index is 2.84. The van der Waals surface area contributed by atoms with Gasteiger partial charge >= 0.3 is 5.97 Å². The highest BCUT2D eigenvalue weighted by molar-refractivity contribution is 5.91. The number of ether oxygens (including phenoxy) is 2. The number of methoxy groups -OCH3 is 1. The first kappa shape index (κ1) is 13.4. The number of carboxylic acid groups (broad SMARTS) is 1. The summed E-state index contributed by atoms with van der Waals surface area (Å²) in [5.41, 5.74) is 1.25. The molecule has 0 saturated heterocycles. The van der Waals surface area contributed by atoms with Gasteiger partial charge < -0.3 is 14.6 Å². The highest BCUT2D eigenvalue weighted by Crippen LogP contribution is 2.20. The zero-order chi connectivity index (χ0) is 12.8. The summed E-state index contributed by atoms with van der Waals surface area (Å²) in [5.74, 6) is -0.987. The number of hydrogen-bond acceptors (Lipinski definition) is 5. The van der Waals surface area contributed by atoms with Crippen LogP contribution in [0.5, 0.6) is 5.88 Å². The number of aromatic carboxylic acids is 1. The molecule has 0 radical (unpaired) electrons. The monoisotopic (exact) mass is 240 g/mol. The molecule has 6 heteroatoms. The van der Waals surface area contributed by atoms with Crippen LogP contribution >= 0.6 is 0 Å². The average Bonchev–Trinajstić information content (AvgIpc) is 2.28. The Labute approximate surface area is 99.6 Å². The van der Waals surface area contributed by atoms with E-state index in [1.54, 1.807) is 21.0 Å². The second-order valence-corrected chi connectivity index (χ2v) is 3.59. The van der Waals surface area contributed by atoms with Gasteiger partial charge in [0.2, 0.25) is 5.88 Å². The van der Waals surface area contributed by atoms with Gasteiger partial charge in [-0.25, -0.2) is 4.79 Å². The molecule has 0 fully saturated rings. The van der Waals surface area contributed by atoms with Gasteiger partial charge in [0.25, 0.3) is 0 Å². The summed E-state index contributed by atoms with van der Waals surface area (Å²) < 4.78 is 10.2. The van der Waals surface area contributed by atoms with Crippen LogP contribution in [0.15, 0.2) is 0 Å². The molecule has 17 heavy (non-hydrogen) atoms. The summed E-state index contributed by atoms with van der Waals surface area (Å²) in [6.45, 7) is 4.31. The molecule has 0 aliphatic heterocycles. The molecule has 0 spiro atoms. The van der Waals surface area contributed by atoms with Crippen molar-refractivity contribution in [3.63, 3.8) is 0 Å². The van der Waals surface area contributed by atoms with Crippen LogP contribution in [0.25, 0.3) is 0 Å². The van der Waals surface area contributed by atoms with Crippen LogP contribution in [0.3, 0.4) is 0 Å². The molecule has 0 saturated carbocycles. The maximum absolute atomic E-state index is 11.1. The third-order valence-electron chi connectivity index (χ3n) is 2.37. The third kappa shape index (κ3) is 3.39. The zero-order valence-corrected chi connectivity index (χ0v) is 10.2. The number of carboxylic acids is 1. The van der Waals surface area contributed by atoms with E-state index in [1.165, 1.54) is 0 Å². The number of aryl methyl sites for hydroxylation is 1.